The van der Waals surface area contributed by atoms with Crippen molar-refractivity contribution in [3.8, 4) is 28.3 Å². The van der Waals surface area contributed by atoms with Gasteiger partial charge < -0.3 is 14.6 Å². The zero-order valence-electron chi connectivity index (χ0n) is 16.6. The van der Waals surface area contributed by atoms with E-state index in [-0.39, 0.29) is 5.91 Å². The van der Waals surface area contributed by atoms with Crippen LogP contribution in [0.5, 0.6) is 5.75 Å². The van der Waals surface area contributed by atoms with E-state index in [1.807, 2.05) is 57.2 Å². The molecule has 0 aliphatic heterocycles. The summed E-state index contributed by atoms with van der Waals surface area (Å²) in [4.78, 5) is 12.2. The summed E-state index contributed by atoms with van der Waals surface area (Å²) in [6.07, 6.45) is 1.80. The van der Waals surface area contributed by atoms with E-state index in [1.165, 1.54) is 5.56 Å². The summed E-state index contributed by atoms with van der Waals surface area (Å²) in [5, 5.41) is 7.29. The molecule has 5 heteroatoms. The van der Waals surface area contributed by atoms with Crippen molar-refractivity contribution < 1.29 is 14.1 Å². The van der Waals surface area contributed by atoms with Crippen molar-refractivity contribution in [2.45, 2.75) is 33.6 Å². The first-order valence-electron chi connectivity index (χ1n) is 9.44. The Hall–Kier alpha value is -3.08. The summed E-state index contributed by atoms with van der Waals surface area (Å²) in [5.41, 5.74) is 5.67. The quantitative estimate of drug-likeness (QED) is 0.691. The first-order valence-corrected chi connectivity index (χ1v) is 9.44. The molecule has 0 bridgehead atoms. The summed E-state index contributed by atoms with van der Waals surface area (Å²) in [5.74, 6) is 1.65. The van der Waals surface area contributed by atoms with Crippen molar-refractivity contribution in [3.05, 3.63) is 53.6 Å². The fourth-order valence-corrected chi connectivity index (χ4v) is 3.40. The van der Waals surface area contributed by atoms with Crippen LogP contribution in [0.2, 0.25) is 0 Å². The van der Waals surface area contributed by atoms with E-state index in [0.29, 0.717) is 0 Å². The Kier molecular flexibility index (Phi) is 4.46. The molecule has 1 aliphatic rings. The Morgan fingerprint density at radius 2 is 1.86 bits per heavy atom. The van der Waals surface area contributed by atoms with Crippen molar-refractivity contribution in [2.24, 2.45) is 5.41 Å². The molecule has 1 aromatic heterocycles. The van der Waals surface area contributed by atoms with Gasteiger partial charge in [-0.1, -0.05) is 25.9 Å². The Bertz CT molecular complexity index is 1030. The van der Waals surface area contributed by atoms with Crippen LogP contribution in [0.3, 0.4) is 0 Å². The van der Waals surface area contributed by atoms with Crippen LogP contribution in [0.4, 0.5) is 5.69 Å². The third kappa shape index (κ3) is 3.28. The van der Waals surface area contributed by atoms with Crippen LogP contribution in [-0.4, -0.2) is 18.2 Å². The number of amides is 1. The molecule has 144 valence electrons. The number of carbonyl (C=O) groups excluding carboxylic acids is 1. The molecule has 1 N–H and O–H groups in total. The second kappa shape index (κ2) is 6.82. The smallest absolute Gasteiger partial charge is 0.229 e. The van der Waals surface area contributed by atoms with Gasteiger partial charge in [-0.3, -0.25) is 4.79 Å². The lowest BCUT2D eigenvalue weighted by atomic mass is 9.88. The second-order valence-corrected chi connectivity index (χ2v) is 8.14. The zero-order valence-corrected chi connectivity index (χ0v) is 16.6. The van der Waals surface area contributed by atoms with Crippen LogP contribution in [0.15, 0.2) is 47.0 Å². The van der Waals surface area contributed by atoms with Crippen LogP contribution < -0.4 is 10.1 Å². The third-order valence-corrected chi connectivity index (χ3v) is 5.09. The van der Waals surface area contributed by atoms with Crippen molar-refractivity contribution in [2.75, 3.05) is 12.4 Å². The maximum Gasteiger partial charge on any atom is 0.229 e. The number of benzene rings is 2. The molecule has 1 heterocycles. The molecular weight excluding hydrogens is 352 g/mol. The number of anilines is 1. The minimum atomic E-state index is -0.432. The number of nitrogens with one attached hydrogen (secondary N) is 1. The summed E-state index contributed by atoms with van der Waals surface area (Å²) in [6.45, 7) is 5.68. The molecule has 0 fully saturated rings. The van der Waals surface area contributed by atoms with Crippen LogP contribution in [-0.2, 0) is 17.6 Å². The Balaban J connectivity index is 1.62. The number of nitrogens with zero attached hydrogens (tertiary/aromatic N) is 1. The number of carbonyl (C=O) groups is 1. The standard InChI is InChI=1S/C23H24N2O3/c1-23(2,3)22(26)24-16-8-5-14(6-9-16)21-19-11-7-15-13-17(27-4)10-12-18(15)20(19)25-28-21/h5-6,8-10,12-13H,7,11H2,1-4H3,(H,24,26). The highest BCUT2D eigenvalue weighted by molar-refractivity contribution is 5.94. The molecule has 0 radical (unpaired) electrons. The number of rotatable bonds is 3. The van der Waals surface area contributed by atoms with Crippen LogP contribution in [0, 0.1) is 5.41 Å². The maximum absolute atomic E-state index is 12.2. The molecule has 0 spiro atoms. The normalized spacial score (nSPS) is 12.9. The van der Waals surface area contributed by atoms with E-state index in [4.69, 9.17) is 9.26 Å². The predicted octanol–water partition coefficient (Wildman–Crippen LogP) is 5.10. The number of hydrogen-bond donors (Lipinski definition) is 1. The zero-order chi connectivity index (χ0) is 19.9. The van der Waals surface area contributed by atoms with Crippen molar-refractivity contribution >= 4 is 11.6 Å². The average Bonchev–Trinajstić information content (AvgIpc) is 3.11. The first-order chi connectivity index (χ1) is 13.4. The fraction of sp³-hybridized carbons (Fsp3) is 0.304. The number of hydrogen-bond acceptors (Lipinski definition) is 4. The van der Waals surface area contributed by atoms with Crippen LogP contribution in [0.1, 0.15) is 31.9 Å². The molecule has 2 aromatic carbocycles. The Morgan fingerprint density at radius 3 is 2.54 bits per heavy atom. The number of aryl methyl sites for hydroxylation is 1. The number of fused-ring (bicyclic) bond motifs is 3. The molecule has 0 unspecified atom stereocenters. The van der Waals surface area contributed by atoms with E-state index in [9.17, 15) is 4.79 Å². The van der Waals surface area contributed by atoms with Gasteiger partial charge in [0.25, 0.3) is 0 Å². The van der Waals surface area contributed by atoms with Gasteiger partial charge in [-0.25, -0.2) is 0 Å². The molecule has 0 saturated heterocycles. The van der Waals surface area contributed by atoms with Crippen molar-refractivity contribution in [1.82, 2.24) is 5.16 Å². The number of aromatic nitrogens is 1. The molecule has 3 aromatic rings. The summed E-state index contributed by atoms with van der Waals surface area (Å²) < 4.78 is 11.1. The molecule has 28 heavy (non-hydrogen) atoms. The topological polar surface area (TPSA) is 64.4 Å². The largest absolute Gasteiger partial charge is 0.497 e. The second-order valence-electron chi connectivity index (χ2n) is 8.14. The molecular formula is C23H24N2O3. The van der Waals surface area contributed by atoms with Gasteiger partial charge in [-0.15, -0.1) is 0 Å². The van der Waals surface area contributed by atoms with E-state index >= 15 is 0 Å². The fourth-order valence-electron chi connectivity index (χ4n) is 3.40. The summed E-state index contributed by atoms with van der Waals surface area (Å²) in [7, 11) is 1.68. The first kappa shape index (κ1) is 18.3. The van der Waals surface area contributed by atoms with Gasteiger partial charge in [0.05, 0.1) is 7.11 Å². The maximum atomic E-state index is 12.2. The molecule has 1 amide bonds. The van der Waals surface area contributed by atoms with Gasteiger partial charge in [0.15, 0.2) is 5.76 Å². The highest BCUT2D eigenvalue weighted by Gasteiger charge is 2.25. The highest BCUT2D eigenvalue weighted by atomic mass is 16.5. The molecule has 1 aliphatic carbocycles. The lowest BCUT2D eigenvalue weighted by Crippen LogP contribution is -2.27. The van der Waals surface area contributed by atoms with E-state index in [2.05, 4.69) is 16.5 Å². The monoisotopic (exact) mass is 376 g/mol. The third-order valence-electron chi connectivity index (χ3n) is 5.09. The van der Waals surface area contributed by atoms with Gasteiger partial charge in [-0.2, -0.15) is 0 Å². The predicted molar refractivity (Wildman–Crippen MR) is 109 cm³/mol. The molecule has 0 saturated carbocycles. The van der Waals surface area contributed by atoms with Crippen LogP contribution >= 0.6 is 0 Å². The summed E-state index contributed by atoms with van der Waals surface area (Å²) in [6, 6.07) is 13.8. The van der Waals surface area contributed by atoms with E-state index in [1.54, 1.807) is 7.11 Å². The highest BCUT2D eigenvalue weighted by Crippen LogP contribution is 2.39. The van der Waals surface area contributed by atoms with Gasteiger partial charge in [0, 0.05) is 27.8 Å². The molecule has 0 atom stereocenters. The number of methoxy groups -OCH3 is 1. The Labute approximate surface area is 164 Å². The van der Waals surface area contributed by atoms with Gasteiger partial charge in [-0.05, 0) is 60.9 Å². The minimum Gasteiger partial charge on any atom is -0.497 e. The summed E-state index contributed by atoms with van der Waals surface area (Å²) >= 11 is 0. The van der Waals surface area contributed by atoms with E-state index in [0.717, 1.165) is 52.4 Å². The average molecular weight is 376 g/mol. The van der Waals surface area contributed by atoms with Gasteiger partial charge in [0.1, 0.15) is 11.4 Å². The lowest BCUT2D eigenvalue weighted by molar-refractivity contribution is -0.123. The van der Waals surface area contributed by atoms with E-state index < -0.39 is 5.41 Å². The van der Waals surface area contributed by atoms with Crippen molar-refractivity contribution in [1.29, 1.82) is 0 Å². The SMILES string of the molecule is COc1ccc2c(c1)CCc1c-2noc1-c1ccc(NC(=O)C(C)(C)C)cc1. The molecule has 4 rings (SSSR count). The minimum absolute atomic E-state index is 0.00988. The van der Waals surface area contributed by atoms with Gasteiger partial charge in [0.2, 0.25) is 5.91 Å². The van der Waals surface area contributed by atoms with Crippen LogP contribution in [0.25, 0.3) is 22.6 Å². The number of ether oxygens (including phenoxy) is 1. The molecule has 5 nitrogen and oxygen atoms in total. The lowest BCUT2D eigenvalue weighted by Gasteiger charge is -2.18. The van der Waals surface area contributed by atoms with Crippen molar-refractivity contribution in [3.63, 3.8) is 0 Å². The van der Waals surface area contributed by atoms with Gasteiger partial charge >= 0.3 is 0 Å². The Morgan fingerprint density at radius 1 is 1.11 bits per heavy atom.